The largest absolute Gasteiger partial charge is 0.494 e. The average molecular weight is 383 g/mol. The van der Waals surface area contributed by atoms with E-state index in [0.29, 0.717) is 15.3 Å². The van der Waals surface area contributed by atoms with Gasteiger partial charge in [-0.1, -0.05) is 42.9 Å². The number of benzene rings is 1. The van der Waals surface area contributed by atoms with Crippen LogP contribution in [0.1, 0.15) is 25.3 Å². The molecule has 0 amide bonds. The molecule has 0 saturated carbocycles. The maximum atomic E-state index is 12.6. The highest BCUT2D eigenvalue weighted by molar-refractivity contribution is 7.15. The molecule has 1 aromatic carbocycles. The molecular formula is C19H17N3O2S2. The van der Waals surface area contributed by atoms with Crippen LogP contribution < -0.4 is 14.8 Å². The molecule has 7 heteroatoms. The van der Waals surface area contributed by atoms with Gasteiger partial charge in [0, 0.05) is 0 Å². The van der Waals surface area contributed by atoms with Gasteiger partial charge in [-0.25, -0.2) is 0 Å². The van der Waals surface area contributed by atoms with E-state index in [0.717, 1.165) is 35.6 Å². The predicted octanol–water partition coefficient (Wildman–Crippen LogP) is 3.61. The zero-order chi connectivity index (χ0) is 17.9. The number of ether oxygens (including phenoxy) is 1. The van der Waals surface area contributed by atoms with E-state index in [2.05, 4.69) is 17.0 Å². The van der Waals surface area contributed by atoms with Gasteiger partial charge in [0.2, 0.25) is 4.96 Å². The van der Waals surface area contributed by atoms with Crippen LogP contribution in [0.2, 0.25) is 0 Å². The monoisotopic (exact) mass is 383 g/mol. The fourth-order valence-electron chi connectivity index (χ4n) is 2.49. The lowest BCUT2D eigenvalue weighted by Gasteiger charge is -2.04. The molecule has 0 radical (unpaired) electrons. The second kappa shape index (κ2) is 7.39. The van der Waals surface area contributed by atoms with Crippen molar-refractivity contribution in [3.63, 3.8) is 0 Å². The summed E-state index contributed by atoms with van der Waals surface area (Å²) in [6.07, 6.45) is 4.02. The van der Waals surface area contributed by atoms with Gasteiger partial charge in [0.25, 0.3) is 5.56 Å². The quantitative estimate of drug-likeness (QED) is 0.477. The minimum atomic E-state index is -0.136. The van der Waals surface area contributed by atoms with Gasteiger partial charge in [0.05, 0.1) is 16.0 Å². The predicted molar refractivity (Wildman–Crippen MR) is 106 cm³/mol. The molecule has 0 bridgehead atoms. The van der Waals surface area contributed by atoms with Gasteiger partial charge in [-0.05, 0) is 41.6 Å². The van der Waals surface area contributed by atoms with E-state index in [1.807, 2.05) is 47.9 Å². The summed E-state index contributed by atoms with van der Waals surface area (Å²) in [7, 11) is 0. The Bertz CT molecular complexity index is 1110. The first-order valence-corrected chi connectivity index (χ1v) is 10.1. The molecule has 0 N–H and O–H groups in total. The van der Waals surface area contributed by atoms with E-state index in [1.54, 1.807) is 11.3 Å². The first-order chi connectivity index (χ1) is 12.7. The zero-order valence-corrected chi connectivity index (χ0v) is 15.8. The van der Waals surface area contributed by atoms with E-state index >= 15 is 0 Å². The van der Waals surface area contributed by atoms with Crippen LogP contribution in [0, 0.1) is 0 Å². The van der Waals surface area contributed by atoms with E-state index in [-0.39, 0.29) is 5.56 Å². The fraction of sp³-hybridized carbons (Fsp3) is 0.211. The molecule has 0 aliphatic carbocycles. The number of hydrogen-bond acceptors (Lipinski definition) is 6. The molecule has 132 valence electrons. The number of unbranched alkanes of at least 4 members (excludes halogenated alkanes) is 1. The number of hydrogen-bond donors (Lipinski definition) is 0. The number of rotatable bonds is 6. The van der Waals surface area contributed by atoms with Gasteiger partial charge >= 0.3 is 0 Å². The molecule has 0 aliphatic rings. The molecule has 0 aliphatic heterocycles. The van der Waals surface area contributed by atoms with Gasteiger partial charge in [0.15, 0.2) is 5.82 Å². The molecule has 3 heterocycles. The van der Waals surface area contributed by atoms with E-state index in [1.165, 1.54) is 15.9 Å². The third-order valence-corrected chi connectivity index (χ3v) is 5.69. The standard InChI is InChI=1S/C19H17N3O2S2/c1-2-3-10-24-14-8-6-13(7-9-14)12-16-18(23)22-19(26-16)20-17(21-22)15-5-4-11-25-15/h4-9,11-12H,2-3,10H2,1H3/b16-12+. The number of fused-ring (bicyclic) bond motifs is 1. The Balaban J connectivity index is 1.61. The number of thiophene rings is 1. The highest BCUT2D eigenvalue weighted by Gasteiger charge is 2.12. The van der Waals surface area contributed by atoms with Crippen LogP contribution in [0.5, 0.6) is 5.75 Å². The van der Waals surface area contributed by atoms with Gasteiger partial charge in [-0.15, -0.1) is 16.4 Å². The smallest absolute Gasteiger partial charge is 0.291 e. The van der Waals surface area contributed by atoms with Crippen LogP contribution in [-0.2, 0) is 0 Å². The highest BCUT2D eigenvalue weighted by atomic mass is 32.1. The maximum absolute atomic E-state index is 12.6. The third-order valence-electron chi connectivity index (χ3n) is 3.87. The number of nitrogens with zero attached hydrogens (tertiary/aromatic N) is 3. The SMILES string of the molecule is CCCCOc1ccc(/C=c2/sc3nc(-c4cccs4)nn3c2=O)cc1. The van der Waals surface area contributed by atoms with Crippen molar-refractivity contribution in [3.8, 4) is 16.5 Å². The number of thiazole rings is 1. The Morgan fingerprint density at radius 3 is 2.77 bits per heavy atom. The van der Waals surface area contributed by atoms with E-state index < -0.39 is 0 Å². The maximum Gasteiger partial charge on any atom is 0.291 e. The minimum absolute atomic E-state index is 0.136. The lowest BCUT2D eigenvalue weighted by molar-refractivity contribution is 0.309. The Hall–Kier alpha value is -2.51. The molecule has 0 fully saturated rings. The molecule has 0 saturated heterocycles. The Morgan fingerprint density at radius 1 is 1.23 bits per heavy atom. The molecule has 0 spiro atoms. The van der Waals surface area contributed by atoms with Crippen molar-refractivity contribution in [3.05, 3.63) is 62.2 Å². The van der Waals surface area contributed by atoms with Crippen LogP contribution in [0.3, 0.4) is 0 Å². The van der Waals surface area contributed by atoms with E-state index in [9.17, 15) is 4.79 Å². The van der Waals surface area contributed by atoms with Crippen molar-refractivity contribution < 1.29 is 4.74 Å². The molecule has 4 rings (SSSR count). The van der Waals surface area contributed by atoms with Gasteiger partial charge < -0.3 is 4.74 Å². The zero-order valence-electron chi connectivity index (χ0n) is 14.2. The summed E-state index contributed by atoms with van der Waals surface area (Å²) in [5, 5.41) is 6.32. The second-order valence-corrected chi connectivity index (χ2v) is 7.75. The van der Waals surface area contributed by atoms with Crippen molar-refractivity contribution >= 4 is 33.7 Å². The molecule has 4 aromatic rings. The number of aromatic nitrogens is 3. The Morgan fingerprint density at radius 2 is 2.08 bits per heavy atom. The van der Waals surface area contributed by atoms with Crippen molar-refractivity contribution in [1.29, 1.82) is 0 Å². The van der Waals surface area contributed by atoms with Gasteiger partial charge in [-0.3, -0.25) is 4.79 Å². The van der Waals surface area contributed by atoms with Crippen LogP contribution in [-0.4, -0.2) is 21.2 Å². The fourth-order valence-corrected chi connectivity index (χ4v) is 4.05. The molecule has 0 atom stereocenters. The summed E-state index contributed by atoms with van der Waals surface area (Å²) in [4.78, 5) is 18.6. The molecular weight excluding hydrogens is 366 g/mol. The molecule has 26 heavy (non-hydrogen) atoms. The Kier molecular flexibility index (Phi) is 4.81. The van der Waals surface area contributed by atoms with Crippen LogP contribution in [0.15, 0.2) is 46.6 Å². The van der Waals surface area contributed by atoms with Crippen molar-refractivity contribution in [2.45, 2.75) is 19.8 Å². The summed E-state index contributed by atoms with van der Waals surface area (Å²) >= 11 is 2.91. The van der Waals surface area contributed by atoms with Crippen LogP contribution in [0.4, 0.5) is 0 Å². The average Bonchev–Trinajstić information content (AvgIpc) is 3.36. The molecule has 5 nitrogen and oxygen atoms in total. The third kappa shape index (κ3) is 3.40. The Labute approximate surface area is 158 Å². The van der Waals surface area contributed by atoms with Crippen molar-refractivity contribution in [2.75, 3.05) is 6.61 Å². The summed E-state index contributed by atoms with van der Waals surface area (Å²) in [5.74, 6) is 1.45. The lowest BCUT2D eigenvalue weighted by Crippen LogP contribution is -2.23. The van der Waals surface area contributed by atoms with Crippen LogP contribution >= 0.6 is 22.7 Å². The van der Waals surface area contributed by atoms with Gasteiger partial charge in [-0.2, -0.15) is 9.50 Å². The molecule has 3 aromatic heterocycles. The first kappa shape index (κ1) is 16.9. The lowest BCUT2D eigenvalue weighted by atomic mass is 10.2. The second-order valence-electron chi connectivity index (χ2n) is 5.79. The summed E-state index contributed by atoms with van der Waals surface area (Å²) in [5.41, 5.74) is 0.816. The normalized spacial score (nSPS) is 12.1. The van der Waals surface area contributed by atoms with E-state index in [4.69, 9.17) is 4.74 Å². The van der Waals surface area contributed by atoms with Crippen LogP contribution in [0.25, 0.3) is 21.7 Å². The topological polar surface area (TPSA) is 56.5 Å². The van der Waals surface area contributed by atoms with Crippen molar-refractivity contribution in [1.82, 2.24) is 14.6 Å². The summed E-state index contributed by atoms with van der Waals surface area (Å²) < 4.78 is 7.67. The highest BCUT2D eigenvalue weighted by Crippen LogP contribution is 2.21. The first-order valence-electron chi connectivity index (χ1n) is 8.42. The molecule has 0 unspecified atom stereocenters. The van der Waals surface area contributed by atoms with Crippen molar-refractivity contribution in [2.24, 2.45) is 0 Å². The van der Waals surface area contributed by atoms with Gasteiger partial charge in [0.1, 0.15) is 5.75 Å². The summed E-state index contributed by atoms with van der Waals surface area (Å²) in [6, 6.07) is 11.7. The summed E-state index contributed by atoms with van der Waals surface area (Å²) in [6.45, 7) is 2.86. The minimum Gasteiger partial charge on any atom is -0.494 e.